The molecule has 0 aromatic rings. The van der Waals surface area contributed by atoms with Crippen LogP contribution in [0.3, 0.4) is 0 Å². The molecule has 6 atom stereocenters. The predicted octanol–water partition coefficient (Wildman–Crippen LogP) is 1.72. The predicted molar refractivity (Wildman–Crippen MR) is 111 cm³/mol. The highest BCUT2D eigenvalue weighted by Crippen LogP contribution is 2.66. The first-order valence-electron chi connectivity index (χ1n) is 11.0. The van der Waals surface area contributed by atoms with Crippen molar-refractivity contribution in [3.63, 3.8) is 0 Å². The number of nitrogens with zero attached hydrogens (tertiary/aromatic N) is 1. The van der Waals surface area contributed by atoms with Crippen molar-refractivity contribution in [1.29, 1.82) is 0 Å². The number of likely N-dealkylation sites (tertiary alicyclic amines) is 1. The molecule has 0 aromatic heterocycles. The average molecular weight is 427 g/mol. The van der Waals surface area contributed by atoms with E-state index in [9.17, 15) is 19.5 Å². The number of amides is 2. The van der Waals surface area contributed by atoms with E-state index in [0.29, 0.717) is 13.0 Å². The molecule has 0 aliphatic carbocycles. The SMILES string of the molecule is CCCCCNC(=O)C1N([C@@H](CC)CO)C(=O)[C@@H]2[C@H](C(=O)OCC)[C@@H]3CCC12S3. The molecule has 2 N–H and O–H groups in total. The maximum absolute atomic E-state index is 13.6. The van der Waals surface area contributed by atoms with Gasteiger partial charge in [0, 0.05) is 11.8 Å². The fourth-order valence-corrected chi connectivity index (χ4v) is 7.58. The molecule has 3 aliphatic rings. The largest absolute Gasteiger partial charge is 0.466 e. The van der Waals surface area contributed by atoms with Crippen LogP contribution in [0.1, 0.15) is 59.3 Å². The van der Waals surface area contributed by atoms with Crippen LogP contribution in [0.5, 0.6) is 0 Å². The Hall–Kier alpha value is -1.28. The number of esters is 1. The standard InChI is InChI=1S/C21H34N2O5S/c1-4-7-8-11-22-18(25)17-21-10-9-14(29-21)15(20(27)28-6-3)16(21)19(26)23(17)13(5-2)12-24/h13-17,24H,4-12H2,1-3H3,(H,22,25)/t13-,14-,15+,16-,17?,21?/m0/s1. The second kappa shape index (κ2) is 9.25. The van der Waals surface area contributed by atoms with Crippen molar-refractivity contribution in [1.82, 2.24) is 10.2 Å². The normalized spacial score (nSPS) is 33.7. The summed E-state index contributed by atoms with van der Waals surface area (Å²) in [5.41, 5.74) is 0. The summed E-state index contributed by atoms with van der Waals surface area (Å²) in [6.07, 6.45) is 5.11. The second-order valence-electron chi connectivity index (χ2n) is 8.30. The molecule has 1 spiro atoms. The molecule has 3 heterocycles. The van der Waals surface area contributed by atoms with Crippen molar-refractivity contribution in [2.24, 2.45) is 11.8 Å². The first-order valence-corrected chi connectivity index (χ1v) is 11.9. The number of hydrogen-bond donors (Lipinski definition) is 2. The molecule has 3 aliphatic heterocycles. The van der Waals surface area contributed by atoms with Gasteiger partial charge < -0.3 is 20.1 Å². The Morgan fingerprint density at radius 2 is 2.10 bits per heavy atom. The summed E-state index contributed by atoms with van der Waals surface area (Å²) in [5.74, 6) is -1.70. The lowest BCUT2D eigenvalue weighted by Crippen LogP contribution is -2.56. The second-order valence-corrected chi connectivity index (χ2v) is 9.90. The highest BCUT2D eigenvalue weighted by Gasteiger charge is 2.74. The van der Waals surface area contributed by atoms with Crippen LogP contribution in [0, 0.1) is 11.8 Å². The summed E-state index contributed by atoms with van der Waals surface area (Å²) in [7, 11) is 0. The molecule has 7 nitrogen and oxygen atoms in total. The summed E-state index contributed by atoms with van der Waals surface area (Å²) in [6, 6.07) is -1.07. The van der Waals surface area contributed by atoms with Crippen molar-refractivity contribution in [2.75, 3.05) is 19.8 Å². The van der Waals surface area contributed by atoms with Gasteiger partial charge in [-0.05, 0) is 32.6 Å². The Labute approximate surface area is 177 Å². The molecular formula is C21H34N2O5S. The molecule has 2 amide bonds. The number of hydrogen-bond acceptors (Lipinski definition) is 6. The van der Waals surface area contributed by atoms with E-state index in [2.05, 4.69) is 12.2 Å². The van der Waals surface area contributed by atoms with Gasteiger partial charge in [-0.1, -0.05) is 26.7 Å². The molecule has 3 fully saturated rings. The third-order valence-electron chi connectivity index (χ3n) is 6.70. The Morgan fingerprint density at radius 1 is 1.34 bits per heavy atom. The van der Waals surface area contributed by atoms with Gasteiger partial charge >= 0.3 is 5.97 Å². The molecule has 2 unspecified atom stereocenters. The Morgan fingerprint density at radius 3 is 2.72 bits per heavy atom. The van der Waals surface area contributed by atoms with E-state index in [1.807, 2.05) is 6.92 Å². The van der Waals surface area contributed by atoms with E-state index >= 15 is 0 Å². The number of aliphatic hydroxyl groups is 1. The quantitative estimate of drug-likeness (QED) is 0.408. The first-order chi connectivity index (χ1) is 14.0. The summed E-state index contributed by atoms with van der Waals surface area (Å²) in [5, 5.41) is 13.0. The zero-order chi connectivity index (χ0) is 21.2. The van der Waals surface area contributed by atoms with Gasteiger partial charge in [-0.2, -0.15) is 0 Å². The van der Waals surface area contributed by atoms with E-state index < -0.39 is 28.7 Å². The van der Waals surface area contributed by atoms with Crippen molar-refractivity contribution >= 4 is 29.5 Å². The molecule has 3 rings (SSSR count). The van der Waals surface area contributed by atoms with Gasteiger partial charge in [0.2, 0.25) is 11.8 Å². The van der Waals surface area contributed by atoms with E-state index in [1.165, 1.54) is 0 Å². The van der Waals surface area contributed by atoms with Gasteiger partial charge in [-0.3, -0.25) is 14.4 Å². The zero-order valence-electron chi connectivity index (χ0n) is 17.7. The lowest BCUT2D eigenvalue weighted by Gasteiger charge is -2.36. The van der Waals surface area contributed by atoms with Gasteiger partial charge in [0.15, 0.2) is 0 Å². The number of carbonyl (C=O) groups excluding carboxylic acids is 3. The summed E-state index contributed by atoms with van der Waals surface area (Å²) >= 11 is 1.63. The van der Waals surface area contributed by atoms with E-state index in [1.54, 1.807) is 23.6 Å². The first kappa shape index (κ1) is 22.4. The summed E-state index contributed by atoms with van der Waals surface area (Å²) < 4.78 is 4.69. The van der Waals surface area contributed by atoms with Gasteiger partial charge in [-0.25, -0.2) is 0 Å². The molecule has 0 saturated carbocycles. The highest BCUT2D eigenvalue weighted by molar-refractivity contribution is 8.02. The molecule has 2 bridgehead atoms. The zero-order valence-corrected chi connectivity index (χ0v) is 18.5. The summed E-state index contributed by atoms with van der Waals surface area (Å²) in [6.45, 7) is 6.45. The van der Waals surface area contributed by atoms with Crippen molar-refractivity contribution < 1.29 is 24.2 Å². The number of rotatable bonds is 10. The fourth-order valence-electron chi connectivity index (χ4n) is 5.39. The number of unbranched alkanes of at least 4 members (excludes halogenated alkanes) is 2. The van der Waals surface area contributed by atoms with Gasteiger partial charge in [-0.15, -0.1) is 11.8 Å². The Bertz CT molecular complexity index is 641. The van der Waals surface area contributed by atoms with Crippen LogP contribution < -0.4 is 5.32 Å². The van der Waals surface area contributed by atoms with E-state index in [0.717, 1.165) is 32.1 Å². The van der Waals surface area contributed by atoms with Crippen LogP contribution in [0.15, 0.2) is 0 Å². The number of nitrogens with one attached hydrogen (secondary N) is 1. The smallest absolute Gasteiger partial charge is 0.310 e. The van der Waals surface area contributed by atoms with E-state index in [4.69, 9.17) is 4.74 Å². The minimum Gasteiger partial charge on any atom is -0.466 e. The van der Waals surface area contributed by atoms with Gasteiger partial charge in [0.05, 0.1) is 35.8 Å². The highest BCUT2D eigenvalue weighted by atomic mass is 32.2. The minimum absolute atomic E-state index is 0.0229. The number of aliphatic hydroxyl groups excluding tert-OH is 1. The van der Waals surface area contributed by atoms with Crippen LogP contribution in [0.25, 0.3) is 0 Å². The molecule has 3 saturated heterocycles. The Kier molecular flexibility index (Phi) is 7.14. The average Bonchev–Trinajstić information content (AvgIpc) is 3.34. The number of thioether (sulfide) groups is 1. The molecule has 0 aromatic carbocycles. The maximum atomic E-state index is 13.6. The minimum atomic E-state index is -0.645. The number of fused-ring (bicyclic) bond motifs is 1. The fraction of sp³-hybridized carbons (Fsp3) is 0.857. The number of carbonyl (C=O) groups is 3. The third kappa shape index (κ3) is 3.67. The molecule has 8 heteroatoms. The van der Waals surface area contributed by atoms with Crippen molar-refractivity contribution in [3.8, 4) is 0 Å². The monoisotopic (exact) mass is 426 g/mol. The molecule has 164 valence electrons. The maximum Gasteiger partial charge on any atom is 0.310 e. The topological polar surface area (TPSA) is 95.9 Å². The van der Waals surface area contributed by atoms with Crippen LogP contribution in [0.4, 0.5) is 0 Å². The molecule has 29 heavy (non-hydrogen) atoms. The van der Waals surface area contributed by atoms with Crippen LogP contribution in [-0.2, 0) is 19.1 Å². The molecular weight excluding hydrogens is 392 g/mol. The molecule has 0 radical (unpaired) electrons. The van der Waals surface area contributed by atoms with Gasteiger partial charge in [0.25, 0.3) is 0 Å². The van der Waals surface area contributed by atoms with Crippen molar-refractivity contribution in [2.45, 2.75) is 81.4 Å². The summed E-state index contributed by atoms with van der Waals surface area (Å²) in [4.78, 5) is 41.2. The lowest BCUT2D eigenvalue weighted by atomic mass is 9.71. The van der Waals surface area contributed by atoms with Crippen LogP contribution in [0.2, 0.25) is 0 Å². The number of ether oxygens (including phenoxy) is 1. The third-order valence-corrected chi connectivity index (χ3v) is 8.65. The lowest BCUT2D eigenvalue weighted by molar-refractivity contribution is -0.154. The van der Waals surface area contributed by atoms with Crippen LogP contribution >= 0.6 is 11.8 Å². The van der Waals surface area contributed by atoms with E-state index in [-0.39, 0.29) is 36.2 Å². The van der Waals surface area contributed by atoms with Crippen molar-refractivity contribution in [3.05, 3.63) is 0 Å². The van der Waals surface area contributed by atoms with Gasteiger partial charge in [0.1, 0.15) is 6.04 Å². The Balaban J connectivity index is 1.92. The van der Waals surface area contributed by atoms with Crippen LogP contribution in [-0.4, -0.2) is 69.6 Å².